The summed E-state index contributed by atoms with van der Waals surface area (Å²) in [7, 11) is -0.776. The summed E-state index contributed by atoms with van der Waals surface area (Å²) >= 11 is 0. The van der Waals surface area contributed by atoms with E-state index in [1.54, 1.807) is 19.2 Å². The first-order valence-electron chi connectivity index (χ1n) is 8.27. The van der Waals surface area contributed by atoms with Crippen molar-refractivity contribution < 1.29 is 17.6 Å². The minimum absolute atomic E-state index is 0.0109. The normalized spacial score (nSPS) is 14.7. The van der Waals surface area contributed by atoms with Gasteiger partial charge in [0.05, 0.1) is 5.69 Å². The molecule has 1 fully saturated rings. The molecule has 9 heteroatoms. The maximum atomic E-state index is 14.4. The molecule has 2 heterocycles. The zero-order valence-electron chi connectivity index (χ0n) is 14.6. The number of benzene rings is 1. The molecule has 26 heavy (non-hydrogen) atoms. The molecule has 2 aromatic rings. The Morgan fingerprint density at radius 1 is 1.19 bits per heavy atom. The lowest BCUT2D eigenvalue weighted by atomic mass is 10.2. The van der Waals surface area contributed by atoms with E-state index in [0.29, 0.717) is 11.4 Å². The third kappa shape index (κ3) is 3.58. The van der Waals surface area contributed by atoms with E-state index in [0.717, 1.165) is 25.9 Å². The molecule has 1 aromatic carbocycles. The molecule has 0 bridgehead atoms. The van der Waals surface area contributed by atoms with Crippen LogP contribution < -0.4 is 14.9 Å². The smallest absolute Gasteiger partial charge is 0.272 e. The van der Waals surface area contributed by atoms with Gasteiger partial charge in [0.1, 0.15) is 16.4 Å². The Labute approximate surface area is 151 Å². The van der Waals surface area contributed by atoms with E-state index in [2.05, 4.69) is 10.0 Å². The van der Waals surface area contributed by atoms with Crippen LogP contribution in [-0.2, 0) is 17.1 Å². The molecule has 0 aliphatic carbocycles. The second-order valence-corrected chi connectivity index (χ2v) is 8.08. The second kappa shape index (κ2) is 7.08. The number of sulfonamides is 1. The predicted octanol–water partition coefficient (Wildman–Crippen LogP) is 1.92. The van der Waals surface area contributed by atoms with Crippen LogP contribution >= 0.6 is 0 Å². The number of nitrogens with zero attached hydrogens (tertiary/aromatic N) is 2. The third-order valence-electron chi connectivity index (χ3n) is 4.44. The number of carbonyl (C=O) groups excluding carboxylic acids is 1. The molecule has 1 saturated heterocycles. The summed E-state index contributed by atoms with van der Waals surface area (Å²) in [6, 6.07) is 5.84. The molecule has 0 radical (unpaired) electrons. The Kier molecular flexibility index (Phi) is 5.01. The first kappa shape index (κ1) is 18.4. The van der Waals surface area contributed by atoms with E-state index in [1.165, 1.54) is 29.9 Å². The lowest BCUT2D eigenvalue weighted by Crippen LogP contribution is -2.19. The van der Waals surface area contributed by atoms with Crippen LogP contribution in [0.1, 0.15) is 23.3 Å². The average molecular weight is 380 g/mol. The fraction of sp³-hybridized carbons (Fsp3) is 0.353. The van der Waals surface area contributed by atoms with Crippen LogP contribution in [0.4, 0.5) is 15.8 Å². The summed E-state index contributed by atoms with van der Waals surface area (Å²) in [5.41, 5.74) is 0.999. The zero-order chi connectivity index (χ0) is 18.9. The first-order chi connectivity index (χ1) is 12.3. The number of hydrogen-bond acceptors (Lipinski definition) is 4. The summed E-state index contributed by atoms with van der Waals surface area (Å²) in [4.78, 5) is 14.4. The molecule has 2 N–H and O–H groups in total. The molecule has 1 amide bonds. The van der Waals surface area contributed by atoms with Crippen LogP contribution in [0, 0.1) is 5.82 Å². The number of aromatic nitrogens is 1. The van der Waals surface area contributed by atoms with Crippen molar-refractivity contribution in [2.45, 2.75) is 17.7 Å². The number of anilines is 2. The van der Waals surface area contributed by atoms with Crippen molar-refractivity contribution in [3.8, 4) is 0 Å². The number of nitrogens with one attached hydrogen (secondary N) is 2. The highest BCUT2D eigenvalue weighted by atomic mass is 32.2. The van der Waals surface area contributed by atoms with Crippen LogP contribution in [0.25, 0.3) is 0 Å². The van der Waals surface area contributed by atoms with Crippen LogP contribution in [0.5, 0.6) is 0 Å². The van der Waals surface area contributed by atoms with Gasteiger partial charge in [-0.25, -0.2) is 17.5 Å². The van der Waals surface area contributed by atoms with Gasteiger partial charge in [-0.05, 0) is 44.2 Å². The minimum atomic E-state index is -3.64. The number of carbonyl (C=O) groups is 1. The van der Waals surface area contributed by atoms with Gasteiger partial charge in [0, 0.05) is 32.0 Å². The number of amides is 1. The highest BCUT2D eigenvalue weighted by molar-refractivity contribution is 7.89. The molecule has 7 nitrogen and oxygen atoms in total. The average Bonchev–Trinajstić information content (AvgIpc) is 3.25. The highest BCUT2D eigenvalue weighted by Crippen LogP contribution is 2.26. The van der Waals surface area contributed by atoms with Crippen LogP contribution in [0.15, 0.2) is 35.4 Å². The molecule has 140 valence electrons. The maximum absolute atomic E-state index is 14.4. The SMILES string of the molecule is CNS(=O)(=O)c1cc(C(=O)Nc2ccc(N3CCCC3)c(F)c2)n(C)c1. The maximum Gasteiger partial charge on any atom is 0.272 e. The van der Waals surface area contributed by atoms with E-state index in [-0.39, 0.29) is 10.6 Å². The van der Waals surface area contributed by atoms with E-state index in [1.807, 2.05) is 4.90 Å². The van der Waals surface area contributed by atoms with Gasteiger partial charge in [-0.2, -0.15) is 0 Å². The Morgan fingerprint density at radius 3 is 2.50 bits per heavy atom. The van der Waals surface area contributed by atoms with E-state index >= 15 is 0 Å². The highest BCUT2D eigenvalue weighted by Gasteiger charge is 2.20. The second-order valence-electron chi connectivity index (χ2n) is 6.19. The van der Waals surface area contributed by atoms with Crippen molar-refractivity contribution in [2.75, 3.05) is 30.4 Å². The fourth-order valence-electron chi connectivity index (χ4n) is 3.02. The van der Waals surface area contributed by atoms with Gasteiger partial charge in [-0.3, -0.25) is 4.79 Å². The van der Waals surface area contributed by atoms with Gasteiger partial charge in [0.2, 0.25) is 10.0 Å². The van der Waals surface area contributed by atoms with Crippen molar-refractivity contribution in [3.05, 3.63) is 42.0 Å². The Bertz CT molecular complexity index is 933. The van der Waals surface area contributed by atoms with Gasteiger partial charge in [0.15, 0.2) is 0 Å². The number of aryl methyl sites for hydroxylation is 1. The molecular weight excluding hydrogens is 359 g/mol. The van der Waals surface area contributed by atoms with Gasteiger partial charge in [0.25, 0.3) is 5.91 Å². The lowest BCUT2D eigenvalue weighted by Gasteiger charge is -2.18. The lowest BCUT2D eigenvalue weighted by molar-refractivity contribution is 0.101. The summed E-state index contributed by atoms with van der Waals surface area (Å²) in [5, 5.41) is 2.61. The van der Waals surface area contributed by atoms with Gasteiger partial charge < -0.3 is 14.8 Å². The molecule has 1 aliphatic rings. The molecule has 0 atom stereocenters. The molecular formula is C17H21FN4O3S. The zero-order valence-corrected chi connectivity index (χ0v) is 15.4. The molecule has 0 spiro atoms. The van der Waals surface area contributed by atoms with Crippen LogP contribution in [0.3, 0.4) is 0 Å². The number of rotatable bonds is 5. The predicted molar refractivity (Wildman–Crippen MR) is 97.5 cm³/mol. The minimum Gasteiger partial charge on any atom is -0.369 e. The molecule has 0 saturated carbocycles. The standard InChI is InChI=1S/C17H21FN4O3S/c1-19-26(24,25)13-10-16(21(2)11-13)17(23)20-12-5-6-15(14(18)9-12)22-7-3-4-8-22/h5-6,9-11,19H,3-4,7-8H2,1-2H3,(H,20,23). The van der Waals surface area contributed by atoms with Gasteiger partial charge >= 0.3 is 0 Å². The van der Waals surface area contributed by atoms with E-state index < -0.39 is 21.7 Å². The molecule has 1 aromatic heterocycles. The summed E-state index contributed by atoms with van der Waals surface area (Å²) in [6.07, 6.45) is 3.43. The summed E-state index contributed by atoms with van der Waals surface area (Å²) < 4.78 is 41.7. The van der Waals surface area contributed by atoms with Gasteiger partial charge in [-0.1, -0.05) is 0 Å². The van der Waals surface area contributed by atoms with Crippen LogP contribution in [0.2, 0.25) is 0 Å². The quantitative estimate of drug-likeness (QED) is 0.830. The molecule has 1 aliphatic heterocycles. The van der Waals surface area contributed by atoms with Crippen LogP contribution in [-0.4, -0.2) is 39.0 Å². The van der Waals surface area contributed by atoms with Crippen molar-refractivity contribution in [2.24, 2.45) is 7.05 Å². The Hall–Kier alpha value is -2.39. The monoisotopic (exact) mass is 380 g/mol. The summed E-state index contributed by atoms with van der Waals surface area (Å²) in [6.45, 7) is 1.66. The largest absolute Gasteiger partial charge is 0.369 e. The van der Waals surface area contributed by atoms with Gasteiger partial charge in [-0.15, -0.1) is 0 Å². The van der Waals surface area contributed by atoms with Crippen molar-refractivity contribution in [1.82, 2.24) is 9.29 Å². The fourth-order valence-corrected chi connectivity index (χ4v) is 3.82. The number of hydrogen-bond donors (Lipinski definition) is 2. The Balaban J connectivity index is 1.79. The summed E-state index contributed by atoms with van der Waals surface area (Å²) in [5.74, 6) is -0.909. The Morgan fingerprint density at radius 2 is 1.88 bits per heavy atom. The number of halogens is 1. The van der Waals surface area contributed by atoms with E-state index in [4.69, 9.17) is 0 Å². The topological polar surface area (TPSA) is 83.4 Å². The van der Waals surface area contributed by atoms with E-state index in [9.17, 15) is 17.6 Å². The first-order valence-corrected chi connectivity index (χ1v) is 9.76. The molecule has 0 unspecified atom stereocenters. The van der Waals surface area contributed by atoms with Crippen molar-refractivity contribution in [1.29, 1.82) is 0 Å². The van der Waals surface area contributed by atoms with Crippen molar-refractivity contribution in [3.63, 3.8) is 0 Å². The molecule has 3 rings (SSSR count). The van der Waals surface area contributed by atoms with Crippen molar-refractivity contribution >= 4 is 27.3 Å². The third-order valence-corrected chi connectivity index (χ3v) is 5.83.